The van der Waals surface area contributed by atoms with Crippen molar-refractivity contribution in [3.8, 4) is 11.6 Å². The van der Waals surface area contributed by atoms with Gasteiger partial charge in [-0.2, -0.15) is 0 Å². The Morgan fingerprint density at radius 3 is 3.00 bits per heavy atom. The first kappa shape index (κ1) is 19.4. The van der Waals surface area contributed by atoms with Crippen LogP contribution in [0.4, 0.5) is 0 Å². The Balaban J connectivity index is 0.00000196. The van der Waals surface area contributed by atoms with Crippen LogP contribution in [0.2, 0.25) is 0 Å². The molecular formula is C18H27ClN4O3. The molecule has 3 atom stereocenters. The van der Waals surface area contributed by atoms with Crippen molar-refractivity contribution in [1.29, 1.82) is 0 Å². The highest BCUT2D eigenvalue weighted by molar-refractivity contribution is 5.85. The number of morpholine rings is 1. The summed E-state index contributed by atoms with van der Waals surface area (Å²) in [4.78, 5) is 4.84. The summed E-state index contributed by atoms with van der Waals surface area (Å²) >= 11 is 0. The van der Waals surface area contributed by atoms with E-state index in [1.165, 1.54) is 0 Å². The van der Waals surface area contributed by atoms with Crippen molar-refractivity contribution in [2.24, 2.45) is 0 Å². The second-order valence-electron chi connectivity index (χ2n) is 6.90. The van der Waals surface area contributed by atoms with Gasteiger partial charge in [-0.05, 0) is 38.3 Å². The Morgan fingerprint density at radius 2 is 2.23 bits per heavy atom. The minimum absolute atomic E-state index is 0. The molecule has 26 heavy (non-hydrogen) atoms. The van der Waals surface area contributed by atoms with Gasteiger partial charge in [-0.1, -0.05) is 0 Å². The molecule has 8 heteroatoms. The number of fused-ring (bicyclic) bond motifs is 1. The van der Waals surface area contributed by atoms with Crippen molar-refractivity contribution in [2.45, 2.75) is 50.8 Å². The first-order valence-electron chi connectivity index (χ1n) is 9.10. The predicted molar refractivity (Wildman–Crippen MR) is 99.7 cm³/mol. The van der Waals surface area contributed by atoms with Crippen LogP contribution in [0.25, 0.3) is 11.6 Å². The van der Waals surface area contributed by atoms with Gasteiger partial charge < -0.3 is 19.2 Å². The summed E-state index contributed by atoms with van der Waals surface area (Å²) in [5, 5.41) is 8.29. The quantitative estimate of drug-likeness (QED) is 0.856. The molecule has 2 aliphatic rings. The number of nitrogens with zero attached hydrogens (tertiary/aromatic N) is 3. The van der Waals surface area contributed by atoms with Gasteiger partial charge in [0.05, 0.1) is 25.9 Å². The third kappa shape index (κ3) is 3.96. The van der Waals surface area contributed by atoms with Crippen LogP contribution in [0, 0.1) is 6.92 Å². The summed E-state index contributed by atoms with van der Waals surface area (Å²) in [7, 11) is 1.71. The molecule has 1 saturated carbocycles. The Hall–Kier alpha value is -1.41. The number of aromatic nitrogens is 3. The summed E-state index contributed by atoms with van der Waals surface area (Å²) < 4.78 is 18.9. The molecule has 144 valence electrons. The lowest BCUT2D eigenvalue weighted by Crippen LogP contribution is -2.51. The molecule has 1 aliphatic carbocycles. The molecule has 0 unspecified atom stereocenters. The highest BCUT2D eigenvalue weighted by Gasteiger charge is 2.35. The first-order chi connectivity index (χ1) is 12.2. The van der Waals surface area contributed by atoms with E-state index in [0.29, 0.717) is 37.0 Å². The maximum atomic E-state index is 5.90. The van der Waals surface area contributed by atoms with E-state index in [1.807, 2.05) is 23.7 Å². The summed E-state index contributed by atoms with van der Waals surface area (Å²) in [5.41, 5.74) is 0. The summed E-state index contributed by atoms with van der Waals surface area (Å²) in [5.74, 6) is 3.67. The van der Waals surface area contributed by atoms with E-state index in [9.17, 15) is 0 Å². The fourth-order valence-electron chi connectivity index (χ4n) is 3.90. The molecule has 0 radical (unpaired) electrons. The zero-order valence-electron chi connectivity index (χ0n) is 15.3. The SMILES string of the molecule is COCCn1nc(-c2ccc(C)o2)nc1[C@H]1CC[C@H]2OCCN[C@@H]2C1.Cl. The zero-order valence-corrected chi connectivity index (χ0v) is 16.1. The van der Waals surface area contributed by atoms with Gasteiger partial charge >= 0.3 is 0 Å². The molecule has 1 aliphatic heterocycles. The number of aryl methyl sites for hydroxylation is 1. The molecule has 0 bridgehead atoms. The Morgan fingerprint density at radius 1 is 1.35 bits per heavy atom. The van der Waals surface area contributed by atoms with Crippen molar-refractivity contribution in [1.82, 2.24) is 20.1 Å². The number of nitrogens with one attached hydrogen (secondary N) is 1. The molecule has 1 N–H and O–H groups in total. The van der Waals surface area contributed by atoms with Crippen LogP contribution in [-0.2, 0) is 16.0 Å². The van der Waals surface area contributed by atoms with Gasteiger partial charge in [0.2, 0.25) is 5.82 Å². The van der Waals surface area contributed by atoms with Crippen LogP contribution in [0.3, 0.4) is 0 Å². The van der Waals surface area contributed by atoms with Gasteiger partial charge in [-0.15, -0.1) is 17.5 Å². The molecule has 7 nitrogen and oxygen atoms in total. The van der Waals surface area contributed by atoms with Crippen LogP contribution in [0.1, 0.15) is 36.8 Å². The van der Waals surface area contributed by atoms with Crippen molar-refractivity contribution in [2.75, 3.05) is 26.9 Å². The van der Waals surface area contributed by atoms with Crippen molar-refractivity contribution in [3.05, 3.63) is 23.7 Å². The molecule has 0 aromatic carbocycles. The number of halogens is 1. The Labute approximate surface area is 159 Å². The highest BCUT2D eigenvalue weighted by Crippen LogP contribution is 2.35. The lowest BCUT2D eigenvalue weighted by atomic mass is 9.82. The van der Waals surface area contributed by atoms with Gasteiger partial charge in [0.15, 0.2) is 5.76 Å². The first-order valence-corrected chi connectivity index (χ1v) is 9.10. The largest absolute Gasteiger partial charge is 0.458 e. The van der Waals surface area contributed by atoms with Gasteiger partial charge in [0.25, 0.3) is 0 Å². The average Bonchev–Trinajstić information content (AvgIpc) is 3.25. The van der Waals surface area contributed by atoms with Crippen LogP contribution in [-0.4, -0.2) is 53.8 Å². The lowest BCUT2D eigenvalue weighted by molar-refractivity contribution is -0.0282. The fourth-order valence-corrected chi connectivity index (χ4v) is 3.90. The van der Waals surface area contributed by atoms with Crippen molar-refractivity contribution < 1.29 is 13.9 Å². The number of ether oxygens (including phenoxy) is 2. The maximum absolute atomic E-state index is 5.90. The lowest BCUT2D eigenvalue weighted by Gasteiger charge is -2.39. The number of hydrogen-bond acceptors (Lipinski definition) is 6. The smallest absolute Gasteiger partial charge is 0.217 e. The van der Waals surface area contributed by atoms with E-state index < -0.39 is 0 Å². The van der Waals surface area contributed by atoms with Crippen molar-refractivity contribution >= 4 is 12.4 Å². The van der Waals surface area contributed by atoms with E-state index in [2.05, 4.69) is 5.32 Å². The number of rotatable bonds is 5. The highest BCUT2D eigenvalue weighted by atomic mass is 35.5. The molecule has 1 saturated heterocycles. The molecule has 2 aromatic rings. The van der Waals surface area contributed by atoms with E-state index >= 15 is 0 Å². The second-order valence-corrected chi connectivity index (χ2v) is 6.90. The number of furan rings is 1. The zero-order chi connectivity index (χ0) is 17.2. The monoisotopic (exact) mass is 382 g/mol. The molecule has 3 heterocycles. The fraction of sp³-hybridized carbons (Fsp3) is 0.667. The molecule has 0 amide bonds. The predicted octanol–water partition coefficient (Wildman–Crippen LogP) is 2.54. The van der Waals surface area contributed by atoms with Gasteiger partial charge in [0, 0.05) is 25.6 Å². The van der Waals surface area contributed by atoms with Crippen LogP contribution in [0.15, 0.2) is 16.5 Å². The molecule has 4 rings (SSSR count). The van der Waals surface area contributed by atoms with Crippen LogP contribution in [0.5, 0.6) is 0 Å². The molecule has 0 spiro atoms. The standard InChI is InChI=1S/C18H26N4O3.ClH/c1-12-3-5-16(25-12)17-20-18(22(21-17)8-10-23-2)13-4-6-15-14(11-13)19-7-9-24-15;/h3,5,13-15,19H,4,6-11H2,1-2H3;1H/t13-,14+,15+;/m0./s1. The minimum atomic E-state index is 0. The number of hydrogen-bond donors (Lipinski definition) is 1. The molecule has 2 aromatic heterocycles. The molecule has 2 fully saturated rings. The molecular weight excluding hydrogens is 356 g/mol. The average molecular weight is 383 g/mol. The third-order valence-electron chi connectivity index (χ3n) is 5.16. The Bertz CT molecular complexity index is 717. The van der Waals surface area contributed by atoms with E-state index in [4.69, 9.17) is 24.0 Å². The number of methoxy groups -OCH3 is 1. The van der Waals surface area contributed by atoms with Crippen LogP contribution >= 0.6 is 12.4 Å². The van der Waals surface area contributed by atoms with Gasteiger partial charge in [-0.25, -0.2) is 9.67 Å². The van der Waals surface area contributed by atoms with Gasteiger partial charge in [-0.3, -0.25) is 0 Å². The van der Waals surface area contributed by atoms with Gasteiger partial charge in [0.1, 0.15) is 11.6 Å². The third-order valence-corrected chi connectivity index (χ3v) is 5.16. The second kappa shape index (κ2) is 8.52. The van der Waals surface area contributed by atoms with Crippen LogP contribution < -0.4 is 5.32 Å². The topological polar surface area (TPSA) is 74.3 Å². The summed E-state index contributed by atoms with van der Waals surface area (Å²) in [6.07, 6.45) is 3.51. The van der Waals surface area contributed by atoms with E-state index in [0.717, 1.165) is 49.8 Å². The Kier molecular flexibility index (Phi) is 6.34. The summed E-state index contributed by atoms with van der Waals surface area (Å²) in [6, 6.07) is 4.29. The van der Waals surface area contributed by atoms with Crippen molar-refractivity contribution in [3.63, 3.8) is 0 Å². The summed E-state index contributed by atoms with van der Waals surface area (Å²) in [6.45, 7) is 5.00. The van der Waals surface area contributed by atoms with E-state index in [1.54, 1.807) is 7.11 Å². The normalized spacial score (nSPS) is 25.5. The van der Waals surface area contributed by atoms with E-state index in [-0.39, 0.29) is 12.4 Å². The minimum Gasteiger partial charge on any atom is -0.458 e. The maximum Gasteiger partial charge on any atom is 0.217 e.